The quantitative estimate of drug-likeness (QED) is 0.718. The standard InChI is InChI=1S/C17H13BrN2O/c18-11-12-6-8-14(9-7-12)20-17(21)15-5-1-3-13-4-2-10-19-16(13)15/h1-10H,11H2,(H,20,21). The number of amides is 1. The summed E-state index contributed by atoms with van der Waals surface area (Å²) in [5.74, 6) is -0.147. The molecule has 0 aliphatic carbocycles. The van der Waals surface area contributed by atoms with Gasteiger partial charge in [0.25, 0.3) is 5.91 Å². The van der Waals surface area contributed by atoms with Crippen LogP contribution in [0.4, 0.5) is 5.69 Å². The number of para-hydroxylation sites is 1. The van der Waals surface area contributed by atoms with E-state index in [-0.39, 0.29) is 5.91 Å². The molecule has 0 bridgehead atoms. The first kappa shape index (κ1) is 13.8. The summed E-state index contributed by atoms with van der Waals surface area (Å²) in [4.78, 5) is 16.7. The number of hydrogen-bond donors (Lipinski definition) is 1. The second kappa shape index (κ2) is 6.06. The zero-order chi connectivity index (χ0) is 14.7. The Hall–Kier alpha value is -2.20. The zero-order valence-electron chi connectivity index (χ0n) is 11.2. The van der Waals surface area contributed by atoms with Gasteiger partial charge in [0.1, 0.15) is 0 Å². The van der Waals surface area contributed by atoms with Crippen molar-refractivity contribution in [2.75, 3.05) is 5.32 Å². The smallest absolute Gasteiger partial charge is 0.257 e. The van der Waals surface area contributed by atoms with Crippen LogP contribution in [0.3, 0.4) is 0 Å². The summed E-state index contributed by atoms with van der Waals surface area (Å²) >= 11 is 3.40. The largest absolute Gasteiger partial charge is 0.322 e. The third kappa shape index (κ3) is 2.95. The molecule has 0 spiro atoms. The van der Waals surface area contributed by atoms with Gasteiger partial charge in [-0.2, -0.15) is 0 Å². The molecule has 0 saturated carbocycles. The molecule has 1 aromatic heterocycles. The van der Waals surface area contributed by atoms with Gasteiger partial charge in [0.05, 0.1) is 11.1 Å². The van der Waals surface area contributed by atoms with E-state index in [0.29, 0.717) is 5.56 Å². The number of rotatable bonds is 3. The van der Waals surface area contributed by atoms with Gasteiger partial charge in [-0.15, -0.1) is 0 Å². The molecule has 4 heteroatoms. The maximum atomic E-state index is 12.4. The molecule has 1 N–H and O–H groups in total. The van der Waals surface area contributed by atoms with E-state index >= 15 is 0 Å². The van der Waals surface area contributed by atoms with Gasteiger partial charge in [0.15, 0.2) is 0 Å². The summed E-state index contributed by atoms with van der Waals surface area (Å²) in [7, 11) is 0. The lowest BCUT2D eigenvalue weighted by molar-refractivity contribution is 0.102. The third-order valence-corrected chi connectivity index (χ3v) is 3.89. The number of halogens is 1. The second-order valence-electron chi connectivity index (χ2n) is 4.67. The van der Waals surface area contributed by atoms with Crippen LogP contribution in [0.1, 0.15) is 15.9 Å². The molecule has 0 radical (unpaired) electrons. The minimum absolute atomic E-state index is 0.147. The number of fused-ring (bicyclic) bond motifs is 1. The molecule has 21 heavy (non-hydrogen) atoms. The number of carbonyl (C=O) groups is 1. The number of alkyl halides is 1. The Labute approximate surface area is 131 Å². The first-order valence-electron chi connectivity index (χ1n) is 6.58. The number of aromatic nitrogens is 1. The van der Waals surface area contributed by atoms with Gasteiger partial charge in [-0.05, 0) is 29.8 Å². The number of anilines is 1. The molecular formula is C17H13BrN2O. The minimum atomic E-state index is -0.147. The summed E-state index contributed by atoms with van der Waals surface area (Å²) in [5.41, 5.74) is 3.24. The second-order valence-corrected chi connectivity index (χ2v) is 5.23. The van der Waals surface area contributed by atoms with Gasteiger partial charge in [0, 0.05) is 22.6 Å². The van der Waals surface area contributed by atoms with Crippen molar-refractivity contribution < 1.29 is 4.79 Å². The lowest BCUT2D eigenvalue weighted by atomic mass is 10.1. The summed E-state index contributed by atoms with van der Waals surface area (Å²) in [6.45, 7) is 0. The van der Waals surface area contributed by atoms with E-state index in [1.807, 2.05) is 48.5 Å². The summed E-state index contributed by atoms with van der Waals surface area (Å²) in [6.07, 6.45) is 1.70. The SMILES string of the molecule is O=C(Nc1ccc(CBr)cc1)c1cccc2cccnc12. The maximum Gasteiger partial charge on any atom is 0.257 e. The number of hydrogen-bond acceptors (Lipinski definition) is 2. The van der Waals surface area contributed by atoms with Gasteiger partial charge in [-0.1, -0.05) is 46.3 Å². The Balaban J connectivity index is 1.90. The van der Waals surface area contributed by atoms with E-state index in [1.165, 1.54) is 5.56 Å². The highest BCUT2D eigenvalue weighted by atomic mass is 79.9. The first-order chi connectivity index (χ1) is 10.3. The Morgan fingerprint density at radius 1 is 1.05 bits per heavy atom. The van der Waals surface area contributed by atoms with Crippen LogP contribution in [0.5, 0.6) is 0 Å². The Kier molecular flexibility index (Phi) is 3.97. The first-order valence-corrected chi connectivity index (χ1v) is 7.70. The number of nitrogens with zero attached hydrogens (tertiary/aromatic N) is 1. The monoisotopic (exact) mass is 340 g/mol. The van der Waals surface area contributed by atoms with Crippen molar-refractivity contribution in [3.63, 3.8) is 0 Å². The van der Waals surface area contributed by atoms with Gasteiger partial charge in [0.2, 0.25) is 0 Å². The Morgan fingerprint density at radius 2 is 1.81 bits per heavy atom. The van der Waals surface area contributed by atoms with Gasteiger partial charge in [-0.25, -0.2) is 0 Å². The van der Waals surface area contributed by atoms with E-state index in [1.54, 1.807) is 12.3 Å². The molecular weight excluding hydrogens is 328 g/mol. The van der Waals surface area contributed by atoms with Crippen molar-refractivity contribution in [1.29, 1.82) is 0 Å². The van der Waals surface area contributed by atoms with E-state index in [0.717, 1.165) is 21.9 Å². The topological polar surface area (TPSA) is 42.0 Å². The minimum Gasteiger partial charge on any atom is -0.322 e. The summed E-state index contributed by atoms with van der Waals surface area (Å²) in [6, 6.07) is 17.2. The fraction of sp³-hybridized carbons (Fsp3) is 0.0588. The Morgan fingerprint density at radius 3 is 2.57 bits per heavy atom. The summed E-state index contributed by atoms with van der Waals surface area (Å²) < 4.78 is 0. The third-order valence-electron chi connectivity index (χ3n) is 3.24. The summed E-state index contributed by atoms with van der Waals surface area (Å²) in [5, 5.41) is 4.67. The highest BCUT2D eigenvalue weighted by molar-refractivity contribution is 9.08. The predicted octanol–water partition coefficient (Wildman–Crippen LogP) is 4.38. The van der Waals surface area contributed by atoms with E-state index < -0.39 is 0 Å². The molecule has 3 aromatic rings. The lowest BCUT2D eigenvalue weighted by Crippen LogP contribution is -2.12. The predicted molar refractivity (Wildman–Crippen MR) is 88.8 cm³/mol. The van der Waals surface area contributed by atoms with Crippen LogP contribution >= 0.6 is 15.9 Å². The van der Waals surface area contributed by atoms with Crippen molar-refractivity contribution in [1.82, 2.24) is 4.98 Å². The van der Waals surface area contributed by atoms with Crippen LogP contribution in [0, 0.1) is 0 Å². The number of nitrogens with one attached hydrogen (secondary N) is 1. The van der Waals surface area contributed by atoms with Crippen molar-refractivity contribution in [2.45, 2.75) is 5.33 Å². The average Bonchev–Trinajstić information content (AvgIpc) is 2.55. The van der Waals surface area contributed by atoms with Crippen LogP contribution in [-0.2, 0) is 5.33 Å². The molecule has 0 unspecified atom stereocenters. The highest BCUT2D eigenvalue weighted by Gasteiger charge is 2.10. The van der Waals surface area contributed by atoms with E-state index in [4.69, 9.17) is 0 Å². The van der Waals surface area contributed by atoms with Gasteiger partial charge in [-0.3, -0.25) is 9.78 Å². The number of carbonyl (C=O) groups excluding carboxylic acids is 1. The number of pyridine rings is 1. The van der Waals surface area contributed by atoms with Crippen LogP contribution < -0.4 is 5.32 Å². The molecule has 0 fully saturated rings. The zero-order valence-corrected chi connectivity index (χ0v) is 12.8. The van der Waals surface area contributed by atoms with E-state index in [2.05, 4.69) is 26.2 Å². The molecule has 1 heterocycles. The normalized spacial score (nSPS) is 10.5. The molecule has 3 nitrogen and oxygen atoms in total. The van der Waals surface area contributed by atoms with Crippen molar-refractivity contribution >= 4 is 38.4 Å². The van der Waals surface area contributed by atoms with Crippen LogP contribution in [0.2, 0.25) is 0 Å². The van der Waals surface area contributed by atoms with E-state index in [9.17, 15) is 4.79 Å². The number of benzene rings is 2. The molecule has 0 atom stereocenters. The van der Waals surface area contributed by atoms with Crippen molar-refractivity contribution in [3.8, 4) is 0 Å². The molecule has 2 aromatic carbocycles. The highest BCUT2D eigenvalue weighted by Crippen LogP contribution is 2.18. The molecule has 0 aliphatic heterocycles. The van der Waals surface area contributed by atoms with Crippen LogP contribution in [0.15, 0.2) is 60.8 Å². The molecule has 1 amide bonds. The molecule has 0 aliphatic rings. The van der Waals surface area contributed by atoms with Crippen molar-refractivity contribution in [2.24, 2.45) is 0 Å². The van der Waals surface area contributed by atoms with Gasteiger partial charge >= 0.3 is 0 Å². The molecule has 3 rings (SSSR count). The van der Waals surface area contributed by atoms with Crippen LogP contribution in [0.25, 0.3) is 10.9 Å². The fourth-order valence-electron chi connectivity index (χ4n) is 2.16. The fourth-order valence-corrected chi connectivity index (χ4v) is 2.54. The average molecular weight is 341 g/mol. The van der Waals surface area contributed by atoms with Gasteiger partial charge < -0.3 is 5.32 Å². The lowest BCUT2D eigenvalue weighted by Gasteiger charge is -2.08. The maximum absolute atomic E-state index is 12.4. The molecule has 0 saturated heterocycles. The van der Waals surface area contributed by atoms with Crippen molar-refractivity contribution in [3.05, 3.63) is 71.9 Å². The van der Waals surface area contributed by atoms with Crippen LogP contribution in [-0.4, -0.2) is 10.9 Å². The molecule has 104 valence electrons. The Bertz CT molecular complexity index is 779.